The van der Waals surface area contributed by atoms with E-state index in [-0.39, 0.29) is 0 Å². The highest BCUT2D eigenvalue weighted by Gasteiger charge is 2.31. The van der Waals surface area contributed by atoms with Crippen LogP contribution in [0.15, 0.2) is 30.3 Å². The van der Waals surface area contributed by atoms with E-state index in [1.165, 1.54) is 0 Å². The van der Waals surface area contributed by atoms with Gasteiger partial charge in [0.05, 0.1) is 0 Å². The van der Waals surface area contributed by atoms with Crippen LogP contribution in [0.5, 0.6) is 5.75 Å². The van der Waals surface area contributed by atoms with Gasteiger partial charge in [-0.1, -0.05) is 18.2 Å². The van der Waals surface area contributed by atoms with E-state index in [1.807, 2.05) is 30.3 Å². The van der Waals surface area contributed by atoms with Crippen molar-refractivity contribution in [2.75, 3.05) is 7.11 Å². The van der Waals surface area contributed by atoms with Crippen LogP contribution in [0.2, 0.25) is 0 Å². The summed E-state index contributed by atoms with van der Waals surface area (Å²) in [6.45, 7) is 0. The molecule has 0 spiro atoms. The molecule has 0 fully saturated rings. The molecular formula is C7H8BrIO2Si. The van der Waals surface area contributed by atoms with Gasteiger partial charge in [0.2, 0.25) is 0 Å². The third kappa shape index (κ3) is 3.42. The zero-order valence-electron chi connectivity index (χ0n) is 6.46. The Morgan fingerprint density at radius 1 is 1.33 bits per heavy atom. The summed E-state index contributed by atoms with van der Waals surface area (Å²) in [6.07, 6.45) is 0. The van der Waals surface area contributed by atoms with E-state index in [0.29, 0.717) is 0 Å². The third-order valence-electron chi connectivity index (χ3n) is 1.22. The molecule has 0 bridgehead atoms. The summed E-state index contributed by atoms with van der Waals surface area (Å²) >= 11 is 5.55. The second-order valence-electron chi connectivity index (χ2n) is 2.08. The molecule has 0 amide bonds. The second kappa shape index (κ2) is 4.59. The highest BCUT2D eigenvalue weighted by atomic mass is 127. The van der Waals surface area contributed by atoms with Gasteiger partial charge in [0, 0.05) is 7.11 Å². The Labute approximate surface area is 93.3 Å². The summed E-state index contributed by atoms with van der Waals surface area (Å²) in [5, 5.41) is 0. The highest BCUT2D eigenvalue weighted by Crippen LogP contribution is 2.25. The number of benzene rings is 1. The molecule has 1 unspecified atom stereocenters. The minimum absolute atomic E-state index is 0.831. The third-order valence-corrected chi connectivity index (χ3v) is 5.60. The molecule has 0 aromatic heterocycles. The van der Waals surface area contributed by atoms with Crippen molar-refractivity contribution in [1.29, 1.82) is 0 Å². The predicted octanol–water partition coefficient (Wildman–Crippen LogP) is 2.98. The maximum atomic E-state index is 5.57. The fourth-order valence-electron chi connectivity index (χ4n) is 0.667. The van der Waals surface area contributed by atoms with Gasteiger partial charge in [-0.2, -0.15) is 0 Å². The summed E-state index contributed by atoms with van der Waals surface area (Å²) in [5.41, 5.74) is 0. The van der Waals surface area contributed by atoms with Crippen molar-refractivity contribution in [3.63, 3.8) is 0 Å². The molecule has 1 aromatic carbocycles. The van der Waals surface area contributed by atoms with E-state index in [4.69, 9.17) is 8.85 Å². The first-order valence-electron chi connectivity index (χ1n) is 3.31. The molecule has 5 heteroatoms. The van der Waals surface area contributed by atoms with Crippen LogP contribution in [0.25, 0.3) is 0 Å². The maximum Gasteiger partial charge on any atom is 0.544 e. The van der Waals surface area contributed by atoms with Gasteiger partial charge >= 0.3 is 4.68 Å². The molecule has 1 atom stereocenters. The van der Waals surface area contributed by atoms with Crippen LogP contribution >= 0.6 is 37.1 Å². The van der Waals surface area contributed by atoms with Crippen LogP contribution in [-0.4, -0.2) is 11.8 Å². The molecule has 0 aliphatic carbocycles. The molecule has 0 radical (unpaired) electrons. The Balaban J connectivity index is 2.64. The van der Waals surface area contributed by atoms with Crippen LogP contribution in [0, 0.1) is 0 Å². The minimum Gasteiger partial charge on any atom is -0.506 e. The van der Waals surface area contributed by atoms with E-state index in [2.05, 4.69) is 37.1 Å². The Hall–Kier alpha value is 0.407. The van der Waals surface area contributed by atoms with E-state index in [1.54, 1.807) is 7.11 Å². The molecule has 1 rings (SSSR count). The molecule has 66 valence electrons. The van der Waals surface area contributed by atoms with E-state index < -0.39 is 4.68 Å². The lowest BCUT2D eigenvalue weighted by Crippen LogP contribution is -2.29. The van der Waals surface area contributed by atoms with Crippen LogP contribution in [0.3, 0.4) is 0 Å². The van der Waals surface area contributed by atoms with Gasteiger partial charge in [-0.05, 0) is 49.2 Å². The SMILES string of the molecule is CO[Si](Br)(I)Oc1ccccc1. The first-order valence-corrected chi connectivity index (χ1v) is 10.5. The van der Waals surface area contributed by atoms with Crippen molar-refractivity contribution in [3.8, 4) is 5.75 Å². The number of hydrogen-bond donors (Lipinski definition) is 0. The summed E-state index contributed by atoms with van der Waals surface area (Å²) in [5.74, 6) is 0.831. The van der Waals surface area contributed by atoms with E-state index in [0.717, 1.165) is 5.75 Å². The largest absolute Gasteiger partial charge is 0.544 e. The van der Waals surface area contributed by atoms with Crippen molar-refractivity contribution in [2.45, 2.75) is 0 Å². The van der Waals surface area contributed by atoms with Crippen LogP contribution in [0.4, 0.5) is 0 Å². The molecule has 12 heavy (non-hydrogen) atoms. The van der Waals surface area contributed by atoms with Crippen molar-refractivity contribution in [1.82, 2.24) is 0 Å². The van der Waals surface area contributed by atoms with Gasteiger partial charge in [0.1, 0.15) is 5.75 Å². The molecule has 0 saturated heterocycles. The second-order valence-corrected chi connectivity index (χ2v) is 15.5. The molecule has 0 aliphatic heterocycles. The van der Waals surface area contributed by atoms with Gasteiger partial charge in [0.25, 0.3) is 0 Å². The Bertz CT molecular complexity index is 242. The fourth-order valence-corrected chi connectivity index (χ4v) is 2.48. The van der Waals surface area contributed by atoms with Crippen LogP contribution in [-0.2, 0) is 4.43 Å². The first kappa shape index (κ1) is 10.5. The summed E-state index contributed by atoms with van der Waals surface area (Å²) in [4.78, 5) is 0. The molecule has 0 heterocycles. The van der Waals surface area contributed by atoms with Crippen molar-refractivity contribution >= 4 is 41.8 Å². The summed E-state index contributed by atoms with van der Waals surface area (Å²) < 4.78 is 8.60. The summed E-state index contributed by atoms with van der Waals surface area (Å²) in [7, 11) is 1.64. The molecular weight excluding hydrogens is 351 g/mol. The Morgan fingerprint density at radius 3 is 2.42 bits per heavy atom. The molecule has 1 aromatic rings. The van der Waals surface area contributed by atoms with Crippen LogP contribution in [0.1, 0.15) is 0 Å². The Kier molecular flexibility index (Phi) is 4.01. The average molecular weight is 359 g/mol. The fraction of sp³-hybridized carbons (Fsp3) is 0.143. The van der Waals surface area contributed by atoms with Crippen LogP contribution < -0.4 is 4.43 Å². The molecule has 2 nitrogen and oxygen atoms in total. The van der Waals surface area contributed by atoms with Crippen molar-refractivity contribution in [2.24, 2.45) is 0 Å². The molecule has 0 aliphatic rings. The normalized spacial score (nSPS) is 15.2. The predicted molar refractivity (Wildman–Crippen MR) is 62.8 cm³/mol. The van der Waals surface area contributed by atoms with Gasteiger partial charge in [-0.25, -0.2) is 0 Å². The van der Waals surface area contributed by atoms with Crippen molar-refractivity contribution < 1.29 is 8.85 Å². The lowest BCUT2D eigenvalue weighted by Gasteiger charge is -2.16. The first-order chi connectivity index (χ1) is 5.64. The topological polar surface area (TPSA) is 18.5 Å². The highest BCUT2D eigenvalue weighted by molar-refractivity contribution is 14.1. The minimum atomic E-state index is -2.14. The molecule has 0 N–H and O–H groups in total. The van der Waals surface area contributed by atoms with E-state index >= 15 is 0 Å². The Morgan fingerprint density at radius 2 is 1.92 bits per heavy atom. The van der Waals surface area contributed by atoms with Gasteiger partial charge in [0.15, 0.2) is 0 Å². The van der Waals surface area contributed by atoms with Gasteiger partial charge in [-0.15, -0.1) is 0 Å². The van der Waals surface area contributed by atoms with Gasteiger partial charge < -0.3 is 8.85 Å². The monoisotopic (exact) mass is 358 g/mol. The number of para-hydroxylation sites is 1. The molecule has 0 saturated carbocycles. The standard InChI is InChI=1S/C7H8BrIO2Si/c1-10-12(8,9)11-7-5-3-2-4-6-7/h2-6H,1H3. The lowest BCUT2D eigenvalue weighted by molar-refractivity contribution is 0.355. The smallest absolute Gasteiger partial charge is 0.506 e. The zero-order chi connectivity index (χ0) is 9.03. The number of hydrogen-bond acceptors (Lipinski definition) is 2. The van der Waals surface area contributed by atoms with E-state index in [9.17, 15) is 0 Å². The number of rotatable bonds is 3. The number of halogens is 2. The average Bonchev–Trinajstić information content (AvgIpc) is 2.06. The lowest BCUT2D eigenvalue weighted by atomic mass is 10.3. The summed E-state index contributed by atoms with van der Waals surface area (Å²) in [6, 6.07) is 9.62. The quantitative estimate of drug-likeness (QED) is 0.470. The zero-order valence-corrected chi connectivity index (χ0v) is 11.2. The van der Waals surface area contributed by atoms with Gasteiger partial charge in [-0.3, -0.25) is 0 Å². The maximum absolute atomic E-state index is 5.57. The van der Waals surface area contributed by atoms with Crippen molar-refractivity contribution in [3.05, 3.63) is 30.3 Å².